The highest BCUT2D eigenvalue weighted by Crippen LogP contribution is 2.39. The number of nitrogens with zero attached hydrogens (tertiary/aromatic N) is 1. The van der Waals surface area contributed by atoms with Crippen LogP contribution >= 0.6 is 11.3 Å². The number of anilines is 1. The Labute approximate surface area is 83.8 Å². The molecule has 6 heteroatoms. The van der Waals surface area contributed by atoms with E-state index in [0.29, 0.717) is 11.6 Å². The van der Waals surface area contributed by atoms with E-state index in [2.05, 4.69) is 10.3 Å². The highest BCUT2D eigenvalue weighted by molar-refractivity contribution is 7.13. The molecule has 1 saturated carbocycles. The lowest BCUT2D eigenvalue weighted by atomic mass is 10.3. The van der Waals surface area contributed by atoms with E-state index in [4.69, 9.17) is 5.11 Å². The number of hydrogen-bond acceptors (Lipinski definition) is 4. The van der Waals surface area contributed by atoms with Crippen LogP contribution in [-0.4, -0.2) is 22.0 Å². The molecule has 2 N–H and O–H groups in total. The number of aromatic nitrogens is 1. The molecule has 0 spiro atoms. The Morgan fingerprint density at radius 1 is 1.57 bits per heavy atom. The van der Waals surface area contributed by atoms with Gasteiger partial charge in [0.1, 0.15) is 0 Å². The second-order valence-electron chi connectivity index (χ2n) is 3.11. The smallest absolute Gasteiger partial charge is 0.307 e. The molecule has 0 saturated heterocycles. The van der Waals surface area contributed by atoms with E-state index in [0.717, 1.165) is 0 Å². The largest absolute Gasteiger partial charge is 0.481 e. The number of carboxylic acid groups (broad SMARTS) is 1. The lowest BCUT2D eigenvalue weighted by molar-refractivity contribution is -0.139. The standard InChI is InChI=1S/C8H8N2O3S/c11-6(4-3-5(4)7(12)13)10-8-9-1-2-14-8/h1-2,4-5H,3H2,(H,12,13)(H,9,10,11)/t4-,5+/m1/s1. The van der Waals surface area contributed by atoms with Crippen LogP contribution in [0.1, 0.15) is 6.42 Å². The van der Waals surface area contributed by atoms with Gasteiger partial charge in [0.25, 0.3) is 0 Å². The van der Waals surface area contributed by atoms with Gasteiger partial charge in [0, 0.05) is 11.6 Å². The minimum atomic E-state index is -0.899. The summed E-state index contributed by atoms with van der Waals surface area (Å²) in [5.74, 6) is -2.02. The van der Waals surface area contributed by atoms with Crippen LogP contribution in [0.3, 0.4) is 0 Å². The third kappa shape index (κ3) is 1.74. The van der Waals surface area contributed by atoms with Crippen molar-refractivity contribution in [3.8, 4) is 0 Å². The van der Waals surface area contributed by atoms with E-state index in [1.807, 2.05) is 0 Å². The quantitative estimate of drug-likeness (QED) is 0.776. The van der Waals surface area contributed by atoms with Gasteiger partial charge in [0.2, 0.25) is 5.91 Å². The molecule has 0 unspecified atom stereocenters. The normalized spacial score (nSPS) is 24.3. The maximum absolute atomic E-state index is 11.4. The summed E-state index contributed by atoms with van der Waals surface area (Å²) in [6.07, 6.45) is 2.02. The summed E-state index contributed by atoms with van der Waals surface area (Å²) in [6.45, 7) is 0. The molecule has 1 aliphatic carbocycles. The van der Waals surface area contributed by atoms with Crippen molar-refractivity contribution in [2.45, 2.75) is 6.42 Å². The van der Waals surface area contributed by atoms with Crippen molar-refractivity contribution in [2.75, 3.05) is 5.32 Å². The molecule has 1 heterocycles. The summed E-state index contributed by atoms with van der Waals surface area (Å²) in [4.78, 5) is 25.7. The van der Waals surface area contributed by atoms with Gasteiger partial charge in [0.15, 0.2) is 5.13 Å². The van der Waals surface area contributed by atoms with Gasteiger partial charge in [-0.3, -0.25) is 9.59 Å². The highest BCUT2D eigenvalue weighted by Gasteiger charge is 2.48. The van der Waals surface area contributed by atoms with Gasteiger partial charge in [0.05, 0.1) is 11.8 Å². The third-order valence-corrected chi connectivity index (χ3v) is 2.80. The van der Waals surface area contributed by atoms with Crippen LogP contribution < -0.4 is 5.32 Å². The second kappa shape index (κ2) is 3.38. The molecule has 1 aromatic rings. The molecule has 0 aliphatic heterocycles. The summed E-state index contributed by atoms with van der Waals surface area (Å²) >= 11 is 1.32. The number of nitrogens with one attached hydrogen (secondary N) is 1. The zero-order valence-corrected chi connectivity index (χ0v) is 7.95. The maximum Gasteiger partial charge on any atom is 0.307 e. The lowest BCUT2D eigenvalue weighted by Crippen LogP contribution is -2.16. The summed E-state index contributed by atoms with van der Waals surface area (Å²) in [5, 5.41) is 13.4. The SMILES string of the molecule is O=C(O)[C@H]1C[C@H]1C(=O)Nc1nccs1. The van der Waals surface area contributed by atoms with Crippen molar-refractivity contribution in [1.29, 1.82) is 0 Å². The van der Waals surface area contributed by atoms with Gasteiger partial charge in [-0.25, -0.2) is 4.98 Å². The Morgan fingerprint density at radius 3 is 2.86 bits per heavy atom. The Balaban J connectivity index is 1.90. The molecule has 1 fully saturated rings. The minimum absolute atomic E-state index is 0.243. The zero-order valence-electron chi connectivity index (χ0n) is 7.14. The summed E-state index contributed by atoms with van der Waals surface area (Å²) in [7, 11) is 0. The Morgan fingerprint density at radius 2 is 2.36 bits per heavy atom. The van der Waals surface area contributed by atoms with Gasteiger partial charge in [-0.2, -0.15) is 0 Å². The number of carboxylic acids is 1. The van der Waals surface area contributed by atoms with E-state index in [9.17, 15) is 9.59 Å². The fourth-order valence-corrected chi connectivity index (χ4v) is 1.77. The number of thiazole rings is 1. The number of hydrogen-bond donors (Lipinski definition) is 2. The number of rotatable bonds is 3. The van der Waals surface area contributed by atoms with E-state index >= 15 is 0 Å². The van der Waals surface area contributed by atoms with Gasteiger partial charge < -0.3 is 10.4 Å². The average molecular weight is 212 g/mol. The molecule has 2 rings (SSSR count). The second-order valence-corrected chi connectivity index (χ2v) is 4.01. The minimum Gasteiger partial charge on any atom is -0.481 e. The molecule has 1 aliphatic rings. The molecule has 0 radical (unpaired) electrons. The predicted molar refractivity (Wildman–Crippen MR) is 50.0 cm³/mol. The number of carbonyl (C=O) groups excluding carboxylic acids is 1. The first-order valence-corrected chi connectivity index (χ1v) is 4.99. The fraction of sp³-hybridized carbons (Fsp3) is 0.375. The molecule has 5 nitrogen and oxygen atoms in total. The van der Waals surface area contributed by atoms with Gasteiger partial charge in [-0.15, -0.1) is 11.3 Å². The first kappa shape index (κ1) is 9.14. The van der Waals surface area contributed by atoms with E-state index < -0.39 is 11.9 Å². The Bertz CT molecular complexity index is 363. The van der Waals surface area contributed by atoms with Crippen molar-refractivity contribution in [3.63, 3.8) is 0 Å². The number of amides is 1. The molecule has 0 bridgehead atoms. The van der Waals surface area contributed by atoms with E-state index in [-0.39, 0.29) is 11.8 Å². The van der Waals surface area contributed by atoms with Crippen LogP contribution in [0, 0.1) is 11.8 Å². The van der Waals surface area contributed by atoms with Crippen molar-refractivity contribution in [3.05, 3.63) is 11.6 Å². The number of carbonyl (C=O) groups is 2. The molecule has 1 aromatic heterocycles. The van der Waals surface area contributed by atoms with Crippen molar-refractivity contribution < 1.29 is 14.7 Å². The molecular weight excluding hydrogens is 204 g/mol. The molecule has 1 amide bonds. The molecule has 2 atom stereocenters. The van der Waals surface area contributed by atoms with Crippen LogP contribution in [0.2, 0.25) is 0 Å². The predicted octanol–water partition coefficient (Wildman–Crippen LogP) is 0.802. The van der Waals surface area contributed by atoms with Gasteiger partial charge >= 0.3 is 5.97 Å². The first-order valence-electron chi connectivity index (χ1n) is 4.11. The van der Waals surface area contributed by atoms with Crippen molar-refractivity contribution in [1.82, 2.24) is 4.98 Å². The van der Waals surface area contributed by atoms with Crippen LogP contribution in [0.15, 0.2) is 11.6 Å². The zero-order chi connectivity index (χ0) is 10.1. The van der Waals surface area contributed by atoms with E-state index in [1.54, 1.807) is 11.6 Å². The van der Waals surface area contributed by atoms with Crippen molar-refractivity contribution in [2.24, 2.45) is 11.8 Å². The van der Waals surface area contributed by atoms with Gasteiger partial charge in [-0.05, 0) is 6.42 Å². The molecular formula is C8H8N2O3S. The van der Waals surface area contributed by atoms with E-state index in [1.165, 1.54) is 11.3 Å². The lowest BCUT2D eigenvalue weighted by Gasteiger charge is -1.98. The summed E-state index contributed by atoms with van der Waals surface area (Å²) in [6, 6.07) is 0. The molecule has 74 valence electrons. The van der Waals surface area contributed by atoms with Crippen LogP contribution in [0.4, 0.5) is 5.13 Å². The Hall–Kier alpha value is -1.43. The van der Waals surface area contributed by atoms with Crippen molar-refractivity contribution >= 4 is 28.3 Å². The Kier molecular flexibility index (Phi) is 2.20. The average Bonchev–Trinajstić information content (AvgIpc) is 2.80. The highest BCUT2D eigenvalue weighted by atomic mass is 32.1. The topological polar surface area (TPSA) is 79.3 Å². The summed E-state index contributed by atoms with van der Waals surface area (Å²) < 4.78 is 0. The molecule has 14 heavy (non-hydrogen) atoms. The third-order valence-electron chi connectivity index (χ3n) is 2.11. The first-order chi connectivity index (χ1) is 6.68. The fourth-order valence-electron chi connectivity index (χ4n) is 1.24. The number of aliphatic carboxylic acids is 1. The maximum atomic E-state index is 11.4. The molecule has 0 aromatic carbocycles. The van der Waals surface area contributed by atoms with Crippen LogP contribution in [-0.2, 0) is 9.59 Å². The summed E-state index contributed by atoms with van der Waals surface area (Å²) in [5.41, 5.74) is 0. The van der Waals surface area contributed by atoms with Crippen LogP contribution in [0.5, 0.6) is 0 Å². The van der Waals surface area contributed by atoms with Gasteiger partial charge in [-0.1, -0.05) is 0 Å². The van der Waals surface area contributed by atoms with Crippen LogP contribution in [0.25, 0.3) is 0 Å². The monoisotopic (exact) mass is 212 g/mol.